The average Bonchev–Trinajstić information content (AvgIpc) is 3.19. The van der Waals surface area contributed by atoms with E-state index in [0.29, 0.717) is 6.42 Å². The van der Waals surface area contributed by atoms with Crippen molar-refractivity contribution in [3.8, 4) is 0 Å². The van der Waals surface area contributed by atoms with Gasteiger partial charge in [-0.15, -0.1) is 0 Å². The number of benzene rings is 1. The molecule has 0 radical (unpaired) electrons. The summed E-state index contributed by atoms with van der Waals surface area (Å²) in [5, 5.41) is 2.89. The highest BCUT2D eigenvalue weighted by molar-refractivity contribution is 7.90. The normalized spacial score (nSPS) is 19.9. The van der Waals surface area contributed by atoms with Crippen LogP contribution < -0.4 is 10.0 Å². The number of hydrogen-bond acceptors (Lipinski definition) is 4. The fourth-order valence-corrected chi connectivity index (χ4v) is 5.68. The lowest BCUT2D eigenvalue weighted by atomic mass is 9.99. The van der Waals surface area contributed by atoms with E-state index in [1.54, 1.807) is 0 Å². The predicted molar refractivity (Wildman–Crippen MR) is 107 cm³/mol. The molecule has 1 unspecified atom stereocenters. The van der Waals surface area contributed by atoms with Crippen LogP contribution in [0.15, 0.2) is 6.07 Å². The Bertz CT molecular complexity index is 814. The van der Waals surface area contributed by atoms with Gasteiger partial charge >= 0.3 is 6.03 Å². The fraction of sp³-hybridized carbons (Fsp3) is 0.650. The van der Waals surface area contributed by atoms with E-state index in [2.05, 4.69) is 21.0 Å². The molecular weight excluding hydrogens is 362 g/mol. The van der Waals surface area contributed by atoms with Gasteiger partial charge in [-0.3, -0.25) is 0 Å². The van der Waals surface area contributed by atoms with Gasteiger partial charge in [0.2, 0.25) is 10.0 Å². The Labute approximate surface area is 161 Å². The summed E-state index contributed by atoms with van der Waals surface area (Å²) in [6, 6.07) is 1.90. The van der Waals surface area contributed by atoms with Gasteiger partial charge in [-0.1, -0.05) is 6.07 Å². The van der Waals surface area contributed by atoms with Gasteiger partial charge in [-0.05, 0) is 93.6 Å². The molecule has 7 heteroatoms. The van der Waals surface area contributed by atoms with E-state index in [1.165, 1.54) is 28.7 Å². The standard InChI is InChI=1S/C20H29N3O3S/c1-14(23-10-4-11-23)9-12-27(25,26)22-20(24)21-19-17-7-2-5-15(17)13-16-6-3-8-18(16)19/h13-14H,2-12H2,1H3,(H2,21,22,24). The number of nitrogens with zero attached hydrogens (tertiary/aromatic N) is 1. The molecule has 1 saturated heterocycles. The van der Waals surface area contributed by atoms with Gasteiger partial charge in [0.15, 0.2) is 0 Å². The van der Waals surface area contributed by atoms with Crippen LogP contribution in [-0.4, -0.2) is 44.2 Å². The summed E-state index contributed by atoms with van der Waals surface area (Å²) >= 11 is 0. The second-order valence-electron chi connectivity index (χ2n) is 8.14. The fourth-order valence-electron chi connectivity index (χ4n) is 4.59. The van der Waals surface area contributed by atoms with Crippen LogP contribution in [0.2, 0.25) is 0 Å². The number of rotatable bonds is 6. The van der Waals surface area contributed by atoms with Gasteiger partial charge in [0.1, 0.15) is 0 Å². The van der Waals surface area contributed by atoms with Gasteiger partial charge in [-0.2, -0.15) is 0 Å². The van der Waals surface area contributed by atoms with Crippen LogP contribution in [0.5, 0.6) is 0 Å². The van der Waals surface area contributed by atoms with Gasteiger partial charge in [-0.25, -0.2) is 17.9 Å². The Morgan fingerprint density at radius 2 is 1.70 bits per heavy atom. The lowest BCUT2D eigenvalue weighted by molar-refractivity contribution is 0.126. The molecule has 1 aromatic carbocycles. The minimum atomic E-state index is -3.63. The lowest BCUT2D eigenvalue weighted by Gasteiger charge is -2.36. The first kappa shape index (κ1) is 18.7. The van der Waals surface area contributed by atoms with Crippen molar-refractivity contribution in [3.05, 3.63) is 28.3 Å². The third-order valence-electron chi connectivity index (χ3n) is 6.28. The molecule has 1 heterocycles. The van der Waals surface area contributed by atoms with E-state index in [0.717, 1.165) is 57.3 Å². The predicted octanol–water partition coefficient (Wildman–Crippen LogP) is 2.60. The molecule has 0 bridgehead atoms. The van der Waals surface area contributed by atoms with Crippen molar-refractivity contribution in [2.24, 2.45) is 0 Å². The van der Waals surface area contributed by atoms with Crippen molar-refractivity contribution in [1.82, 2.24) is 9.62 Å². The zero-order chi connectivity index (χ0) is 19.0. The molecule has 1 fully saturated rings. The van der Waals surface area contributed by atoms with E-state index in [4.69, 9.17) is 0 Å². The van der Waals surface area contributed by atoms with Crippen LogP contribution in [0.4, 0.5) is 10.5 Å². The first-order chi connectivity index (χ1) is 12.9. The van der Waals surface area contributed by atoms with Gasteiger partial charge in [0.25, 0.3) is 0 Å². The molecule has 2 aliphatic carbocycles. The van der Waals surface area contributed by atoms with Gasteiger partial charge in [0.05, 0.1) is 5.75 Å². The molecule has 0 saturated carbocycles. The highest BCUT2D eigenvalue weighted by Crippen LogP contribution is 2.38. The smallest absolute Gasteiger partial charge is 0.307 e. The first-order valence-corrected chi connectivity index (χ1v) is 11.8. The van der Waals surface area contributed by atoms with Crippen LogP contribution in [-0.2, 0) is 35.7 Å². The quantitative estimate of drug-likeness (QED) is 0.781. The van der Waals surface area contributed by atoms with Gasteiger partial charge < -0.3 is 10.2 Å². The van der Waals surface area contributed by atoms with Crippen LogP contribution >= 0.6 is 0 Å². The minimum absolute atomic E-state index is 0.0247. The van der Waals surface area contributed by atoms with E-state index in [-0.39, 0.29) is 11.8 Å². The van der Waals surface area contributed by atoms with E-state index < -0.39 is 16.1 Å². The molecule has 2 N–H and O–H groups in total. The third-order valence-corrected chi connectivity index (χ3v) is 7.55. The van der Waals surface area contributed by atoms with Crippen molar-refractivity contribution >= 4 is 21.7 Å². The first-order valence-electron chi connectivity index (χ1n) is 10.1. The van der Waals surface area contributed by atoms with Crippen molar-refractivity contribution in [1.29, 1.82) is 0 Å². The summed E-state index contributed by atoms with van der Waals surface area (Å²) < 4.78 is 26.9. The largest absolute Gasteiger partial charge is 0.332 e. The molecule has 4 rings (SSSR count). The van der Waals surface area contributed by atoms with Crippen molar-refractivity contribution in [2.45, 2.75) is 64.3 Å². The molecule has 1 aromatic rings. The topological polar surface area (TPSA) is 78.5 Å². The molecule has 0 aromatic heterocycles. The number of carbonyl (C=O) groups excluding carboxylic acids is 1. The van der Waals surface area contributed by atoms with E-state index in [9.17, 15) is 13.2 Å². The number of urea groups is 1. The lowest BCUT2D eigenvalue weighted by Crippen LogP contribution is -2.45. The van der Waals surface area contributed by atoms with E-state index >= 15 is 0 Å². The number of likely N-dealkylation sites (tertiary alicyclic amines) is 1. The third kappa shape index (κ3) is 3.99. The second kappa shape index (κ2) is 7.43. The summed E-state index contributed by atoms with van der Waals surface area (Å²) in [5.74, 6) is -0.0247. The Balaban J connectivity index is 1.41. The molecule has 2 amide bonds. The van der Waals surface area contributed by atoms with Crippen LogP contribution in [0, 0.1) is 0 Å². The monoisotopic (exact) mass is 391 g/mol. The summed E-state index contributed by atoms with van der Waals surface area (Å²) in [5.41, 5.74) is 5.91. The maximum absolute atomic E-state index is 12.5. The number of fused-ring (bicyclic) bond motifs is 2. The Kier molecular flexibility index (Phi) is 5.16. The number of hydrogen-bond donors (Lipinski definition) is 2. The van der Waals surface area contributed by atoms with Crippen molar-refractivity contribution < 1.29 is 13.2 Å². The maximum Gasteiger partial charge on any atom is 0.332 e. The molecule has 3 aliphatic rings. The molecule has 0 spiro atoms. The molecule has 148 valence electrons. The average molecular weight is 392 g/mol. The minimum Gasteiger partial charge on any atom is -0.307 e. The number of sulfonamides is 1. The van der Waals surface area contributed by atoms with Crippen molar-refractivity contribution in [2.75, 3.05) is 24.2 Å². The highest BCUT2D eigenvalue weighted by atomic mass is 32.2. The Hall–Kier alpha value is -1.60. The number of anilines is 1. The molecular formula is C20H29N3O3S. The zero-order valence-corrected chi connectivity index (χ0v) is 16.8. The Morgan fingerprint density at radius 1 is 1.07 bits per heavy atom. The summed E-state index contributed by atoms with van der Waals surface area (Å²) in [6.45, 7) is 4.13. The van der Waals surface area contributed by atoms with Crippen molar-refractivity contribution in [3.63, 3.8) is 0 Å². The number of amides is 2. The molecule has 6 nitrogen and oxygen atoms in total. The van der Waals surface area contributed by atoms with E-state index in [1.807, 2.05) is 6.92 Å². The summed E-state index contributed by atoms with van der Waals surface area (Å²) in [6.07, 6.45) is 7.93. The number of aryl methyl sites for hydroxylation is 2. The Morgan fingerprint density at radius 3 is 2.26 bits per heavy atom. The maximum atomic E-state index is 12.5. The summed E-state index contributed by atoms with van der Waals surface area (Å²) in [7, 11) is -3.63. The number of nitrogens with one attached hydrogen (secondary N) is 2. The van der Waals surface area contributed by atoms with Crippen LogP contribution in [0.25, 0.3) is 0 Å². The van der Waals surface area contributed by atoms with Crippen LogP contribution in [0.1, 0.15) is 54.9 Å². The molecule has 1 aliphatic heterocycles. The SMILES string of the molecule is CC(CCS(=O)(=O)NC(=O)Nc1c2c(cc3c1CCC3)CCC2)N1CCC1. The molecule has 1 atom stereocenters. The second-order valence-corrected chi connectivity index (χ2v) is 9.98. The highest BCUT2D eigenvalue weighted by Gasteiger charge is 2.27. The number of carbonyl (C=O) groups is 1. The summed E-state index contributed by atoms with van der Waals surface area (Å²) in [4.78, 5) is 14.7. The van der Waals surface area contributed by atoms with Crippen LogP contribution in [0.3, 0.4) is 0 Å². The van der Waals surface area contributed by atoms with Gasteiger partial charge in [0, 0.05) is 11.7 Å². The zero-order valence-electron chi connectivity index (χ0n) is 16.0. The molecule has 27 heavy (non-hydrogen) atoms.